The highest BCUT2D eigenvalue weighted by molar-refractivity contribution is 8.00. The molecular weight excluding hydrogens is 349 g/mol. The summed E-state index contributed by atoms with van der Waals surface area (Å²) in [5.74, 6) is -1.47. The number of benzene rings is 1. The maximum absolute atomic E-state index is 12.3. The summed E-state index contributed by atoms with van der Waals surface area (Å²) in [5.41, 5.74) is -1.34. The monoisotopic (exact) mass is 363 g/mol. The Labute approximate surface area is 142 Å². The molecule has 0 radical (unpaired) electrons. The van der Waals surface area contributed by atoms with Crippen LogP contribution in [0.4, 0.5) is 0 Å². The second kappa shape index (κ2) is 7.08. The lowest BCUT2D eigenvalue weighted by atomic mass is 9.99. The van der Waals surface area contributed by atoms with Crippen molar-refractivity contribution in [1.29, 1.82) is 0 Å². The minimum Gasteiger partial charge on any atom is -0.479 e. The lowest BCUT2D eigenvalue weighted by molar-refractivity contribution is -0.147. The number of hydrogen-bond acceptors (Lipinski definition) is 4. The van der Waals surface area contributed by atoms with Gasteiger partial charge in [-0.05, 0) is 25.1 Å². The maximum atomic E-state index is 12.3. The fraction of sp³-hybridized carbons (Fsp3) is 0.429. The number of ether oxygens (including phenoxy) is 1. The summed E-state index contributed by atoms with van der Waals surface area (Å²) in [7, 11) is 0. The van der Waals surface area contributed by atoms with Crippen LogP contribution >= 0.6 is 35.0 Å². The van der Waals surface area contributed by atoms with E-state index < -0.39 is 16.8 Å². The molecule has 0 aliphatic carbocycles. The van der Waals surface area contributed by atoms with Crippen LogP contribution < -0.4 is 5.32 Å². The molecule has 22 heavy (non-hydrogen) atoms. The number of aliphatic carboxylic acids is 1. The van der Waals surface area contributed by atoms with E-state index in [1.165, 1.54) is 11.8 Å². The van der Waals surface area contributed by atoms with Crippen LogP contribution in [0.3, 0.4) is 0 Å². The van der Waals surface area contributed by atoms with Crippen LogP contribution in [0.1, 0.15) is 13.3 Å². The minimum absolute atomic E-state index is 0.0244. The Morgan fingerprint density at radius 1 is 1.45 bits per heavy atom. The van der Waals surface area contributed by atoms with Gasteiger partial charge in [-0.1, -0.05) is 23.2 Å². The fourth-order valence-electron chi connectivity index (χ4n) is 2.03. The first kappa shape index (κ1) is 17.4. The van der Waals surface area contributed by atoms with Crippen molar-refractivity contribution in [1.82, 2.24) is 5.32 Å². The molecule has 1 fully saturated rings. The van der Waals surface area contributed by atoms with Crippen molar-refractivity contribution >= 4 is 46.8 Å². The van der Waals surface area contributed by atoms with E-state index in [1.807, 2.05) is 0 Å². The van der Waals surface area contributed by atoms with Gasteiger partial charge in [-0.2, -0.15) is 0 Å². The first-order valence-corrected chi connectivity index (χ1v) is 8.22. The van der Waals surface area contributed by atoms with Gasteiger partial charge in [0.25, 0.3) is 0 Å². The number of carbonyl (C=O) groups is 2. The minimum atomic E-state index is -1.34. The van der Waals surface area contributed by atoms with E-state index in [9.17, 15) is 14.7 Å². The molecule has 1 saturated heterocycles. The molecule has 8 heteroatoms. The lowest BCUT2D eigenvalue weighted by Crippen LogP contribution is -2.56. The number of carbonyl (C=O) groups excluding carboxylic acids is 1. The number of carboxylic acids is 1. The molecule has 2 atom stereocenters. The summed E-state index contributed by atoms with van der Waals surface area (Å²) in [5, 5.41) is 12.4. The summed E-state index contributed by atoms with van der Waals surface area (Å²) < 4.78 is 5.11. The number of amides is 1. The Kier molecular flexibility index (Phi) is 5.60. The van der Waals surface area contributed by atoms with Gasteiger partial charge >= 0.3 is 5.97 Å². The van der Waals surface area contributed by atoms with Crippen LogP contribution in [0.2, 0.25) is 10.0 Å². The van der Waals surface area contributed by atoms with Crippen molar-refractivity contribution in [3.63, 3.8) is 0 Å². The van der Waals surface area contributed by atoms with Gasteiger partial charge in [0.1, 0.15) is 0 Å². The van der Waals surface area contributed by atoms with Gasteiger partial charge in [-0.15, -0.1) is 11.8 Å². The van der Waals surface area contributed by atoms with E-state index in [1.54, 1.807) is 25.1 Å². The van der Waals surface area contributed by atoms with Crippen molar-refractivity contribution in [2.75, 3.05) is 13.2 Å². The van der Waals surface area contributed by atoms with Crippen molar-refractivity contribution < 1.29 is 19.4 Å². The van der Waals surface area contributed by atoms with E-state index >= 15 is 0 Å². The highest BCUT2D eigenvalue weighted by Crippen LogP contribution is 2.33. The van der Waals surface area contributed by atoms with E-state index in [2.05, 4.69) is 5.32 Å². The lowest BCUT2D eigenvalue weighted by Gasteiger charge is -2.25. The molecule has 120 valence electrons. The Bertz CT molecular complexity index is 590. The number of hydrogen-bond donors (Lipinski definition) is 2. The van der Waals surface area contributed by atoms with Crippen molar-refractivity contribution in [3.8, 4) is 0 Å². The summed E-state index contributed by atoms with van der Waals surface area (Å²) in [6.45, 7) is 1.97. The number of halogens is 2. The largest absolute Gasteiger partial charge is 0.479 e. The summed E-state index contributed by atoms with van der Waals surface area (Å²) in [6, 6.07) is 4.98. The zero-order valence-electron chi connectivity index (χ0n) is 11.8. The first-order valence-electron chi connectivity index (χ1n) is 6.59. The number of rotatable bonds is 5. The zero-order valence-corrected chi connectivity index (χ0v) is 14.1. The molecule has 1 aromatic carbocycles. The summed E-state index contributed by atoms with van der Waals surface area (Å²) in [6.07, 6.45) is 0.253. The van der Waals surface area contributed by atoms with Gasteiger partial charge in [0.15, 0.2) is 5.54 Å². The van der Waals surface area contributed by atoms with Crippen LogP contribution in [0.15, 0.2) is 23.1 Å². The smallest absolute Gasteiger partial charge is 0.331 e. The third-order valence-electron chi connectivity index (χ3n) is 3.36. The highest BCUT2D eigenvalue weighted by Gasteiger charge is 2.44. The Morgan fingerprint density at radius 2 is 2.18 bits per heavy atom. The van der Waals surface area contributed by atoms with Gasteiger partial charge in [-0.25, -0.2) is 4.79 Å². The topological polar surface area (TPSA) is 75.6 Å². The van der Waals surface area contributed by atoms with Gasteiger partial charge in [0.2, 0.25) is 5.91 Å². The molecule has 5 nitrogen and oxygen atoms in total. The summed E-state index contributed by atoms with van der Waals surface area (Å²) in [4.78, 5) is 24.4. The molecule has 2 unspecified atom stereocenters. The predicted octanol–water partition coefficient (Wildman–Crippen LogP) is 2.83. The standard InChI is InChI=1S/C14H15Cl2NO4S/c1-8(22-11-6-9(15)2-3-10(11)16)12(18)17-14(13(19)20)4-5-21-7-14/h2-3,6,8H,4-5,7H2,1H3,(H,17,18)(H,19,20). The van der Waals surface area contributed by atoms with Gasteiger partial charge < -0.3 is 15.2 Å². The van der Waals surface area contributed by atoms with Crippen LogP contribution in [-0.4, -0.2) is 41.0 Å². The Hall–Kier alpha value is -0.950. The quantitative estimate of drug-likeness (QED) is 0.786. The second-order valence-electron chi connectivity index (χ2n) is 5.01. The molecule has 0 aromatic heterocycles. The highest BCUT2D eigenvalue weighted by atomic mass is 35.5. The molecule has 1 aliphatic heterocycles. The van der Waals surface area contributed by atoms with Crippen LogP contribution in [-0.2, 0) is 14.3 Å². The van der Waals surface area contributed by atoms with Crippen LogP contribution in [0.5, 0.6) is 0 Å². The maximum Gasteiger partial charge on any atom is 0.331 e. The van der Waals surface area contributed by atoms with Crippen LogP contribution in [0, 0.1) is 0 Å². The Morgan fingerprint density at radius 3 is 2.77 bits per heavy atom. The average molecular weight is 364 g/mol. The Balaban J connectivity index is 2.06. The third kappa shape index (κ3) is 3.87. The van der Waals surface area contributed by atoms with Gasteiger partial charge in [0.05, 0.1) is 16.9 Å². The molecular formula is C14H15Cl2NO4S. The number of thioether (sulfide) groups is 1. The number of carboxylic acid groups (broad SMARTS) is 1. The van der Waals surface area contributed by atoms with E-state index in [4.69, 9.17) is 27.9 Å². The first-order chi connectivity index (χ1) is 10.3. The predicted molar refractivity (Wildman–Crippen MR) is 85.7 cm³/mol. The second-order valence-corrected chi connectivity index (χ2v) is 7.24. The molecule has 1 aliphatic rings. The third-order valence-corrected chi connectivity index (χ3v) is 5.20. The molecule has 2 N–H and O–H groups in total. The van der Waals surface area contributed by atoms with Gasteiger partial charge in [0, 0.05) is 22.9 Å². The molecule has 1 aromatic rings. The molecule has 0 bridgehead atoms. The number of nitrogens with one attached hydrogen (secondary N) is 1. The zero-order chi connectivity index (χ0) is 16.3. The molecule has 0 saturated carbocycles. The normalized spacial score (nSPS) is 22.3. The van der Waals surface area contributed by atoms with Crippen LogP contribution in [0.25, 0.3) is 0 Å². The molecule has 0 spiro atoms. The van der Waals surface area contributed by atoms with Crippen molar-refractivity contribution in [3.05, 3.63) is 28.2 Å². The van der Waals surface area contributed by atoms with Crippen molar-refractivity contribution in [2.45, 2.75) is 29.0 Å². The van der Waals surface area contributed by atoms with E-state index in [0.717, 1.165) is 0 Å². The van der Waals surface area contributed by atoms with E-state index in [0.29, 0.717) is 21.5 Å². The molecule has 2 rings (SSSR count). The van der Waals surface area contributed by atoms with E-state index in [-0.39, 0.29) is 18.9 Å². The SMILES string of the molecule is CC(Sc1cc(Cl)ccc1Cl)C(=O)NC1(C(=O)O)CCOC1. The fourth-order valence-corrected chi connectivity index (χ4v) is 3.45. The molecule has 1 heterocycles. The summed E-state index contributed by atoms with van der Waals surface area (Å²) >= 11 is 13.2. The average Bonchev–Trinajstić information content (AvgIpc) is 2.92. The van der Waals surface area contributed by atoms with Gasteiger partial charge in [-0.3, -0.25) is 4.79 Å². The molecule has 1 amide bonds. The van der Waals surface area contributed by atoms with Crippen molar-refractivity contribution in [2.24, 2.45) is 0 Å².